The third kappa shape index (κ3) is 11.0. The highest BCUT2D eigenvalue weighted by atomic mass is 19.4. The van der Waals surface area contributed by atoms with Gasteiger partial charge in [0.15, 0.2) is 6.10 Å². The Morgan fingerprint density at radius 1 is 0.975 bits per heavy atom. The van der Waals surface area contributed by atoms with Gasteiger partial charge in [-0.2, -0.15) is 13.2 Å². The minimum Gasteiger partial charge on any atom is -0.492 e. The number of hydrogen-bond donors (Lipinski definition) is 2. The third-order valence-corrected chi connectivity index (χ3v) is 5.71. The second kappa shape index (κ2) is 15.4. The number of carbonyl (C=O) groups excluding carboxylic acids is 1. The summed E-state index contributed by atoms with van der Waals surface area (Å²) in [5, 5.41) is 11.4. The van der Waals surface area contributed by atoms with E-state index in [1.54, 1.807) is 31.2 Å². The largest absolute Gasteiger partial charge is 0.492 e. The van der Waals surface area contributed by atoms with E-state index < -0.39 is 54.5 Å². The molecule has 2 rings (SSSR count). The number of amides is 2. The van der Waals surface area contributed by atoms with Crippen molar-refractivity contribution in [1.82, 2.24) is 4.90 Å². The molecular formula is C27H33F5N2O6. The van der Waals surface area contributed by atoms with Gasteiger partial charge in [0.25, 0.3) is 5.92 Å². The van der Waals surface area contributed by atoms with Crippen LogP contribution in [0.2, 0.25) is 0 Å². The van der Waals surface area contributed by atoms with E-state index in [0.717, 1.165) is 17.0 Å². The van der Waals surface area contributed by atoms with Gasteiger partial charge < -0.3 is 29.5 Å². The van der Waals surface area contributed by atoms with Gasteiger partial charge in [-0.1, -0.05) is 31.2 Å². The number of halogens is 5. The summed E-state index contributed by atoms with van der Waals surface area (Å²) >= 11 is 0. The second-order valence-electron chi connectivity index (χ2n) is 8.70. The maximum Gasteiger partial charge on any atom is 0.418 e. The van der Waals surface area contributed by atoms with E-state index in [0.29, 0.717) is 11.3 Å². The van der Waals surface area contributed by atoms with Gasteiger partial charge >= 0.3 is 18.2 Å². The Labute approximate surface area is 229 Å². The molecule has 2 aromatic carbocycles. The van der Waals surface area contributed by atoms with Crippen LogP contribution >= 0.6 is 0 Å². The minimum absolute atomic E-state index is 0.0739. The molecule has 0 saturated carbocycles. The lowest BCUT2D eigenvalue weighted by atomic mass is 10.1. The van der Waals surface area contributed by atoms with Gasteiger partial charge in [0.2, 0.25) is 0 Å². The number of carboxylic acids is 1. The van der Waals surface area contributed by atoms with Crippen LogP contribution in [0.5, 0.6) is 5.75 Å². The first-order chi connectivity index (χ1) is 18.9. The zero-order chi connectivity index (χ0) is 29.8. The quantitative estimate of drug-likeness (QED) is 0.196. The maximum atomic E-state index is 13.5. The number of aliphatic carboxylic acids is 1. The number of benzene rings is 2. The predicted molar refractivity (Wildman–Crippen MR) is 137 cm³/mol. The molecule has 0 fully saturated rings. The summed E-state index contributed by atoms with van der Waals surface area (Å²) in [5.41, 5.74) is -0.793. The number of para-hydroxylation sites is 1. The predicted octanol–water partition coefficient (Wildman–Crippen LogP) is 5.71. The Balaban J connectivity index is 2.03. The first kappa shape index (κ1) is 32.8. The Bertz CT molecular complexity index is 1080. The molecule has 1 unspecified atom stereocenters. The molecule has 0 spiro atoms. The third-order valence-electron chi connectivity index (χ3n) is 5.71. The van der Waals surface area contributed by atoms with Crippen LogP contribution in [-0.2, 0) is 26.9 Å². The lowest BCUT2D eigenvalue weighted by Crippen LogP contribution is -2.40. The highest BCUT2D eigenvalue weighted by Gasteiger charge is 2.34. The molecule has 0 heterocycles. The fourth-order valence-electron chi connectivity index (χ4n) is 3.47. The van der Waals surface area contributed by atoms with E-state index in [2.05, 4.69) is 5.32 Å². The van der Waals surface area contributed by atoms with Crippen LogP contribution in [0, 0.1) is 0 Å². The SMILES string of the molecule is CCOC(Cc1ccc(OCCN(CCOCC(F)(F)CC)C(=O)Nc2ccccc2C(F)(F)F)cc1)C(=O)O. The van der Waals surface area contributed by atoms with Crippen LogP contribution < -0.4 is 10.1 Å². The Hall–Kier alpha value is -3.45. The number of anilines is 1. The highest BCUT2D eigenvalue weighted by molar-refractivity contribution is 5.90. The van der Waals surface area contributed by atoms with E-state index in [9.17, 15) is 36.6 Å². The molecule has 0 aliphatic carbocycles. The maximum absolute atomic E-state index is 13.5. The molecule has 2 amide bonds. The molecule has 40 heavy (non-hydrogen) atoms. The first-order valence-corrected chi connectivity index (χ1v) is 12.6. The molecule has 0 aliphatic rings. The van der Waals surface area contributed by atoms with Crippen LogP contribution in [-0.4, -0.2) is 73.6 Å². The van der Waals surface area contributed by atoms with Crippen molar-refractivity contribution in [2.75, 3.05) is 44.8 Å². The van der Waals surface area contributed by atoms with E-state index in [-0.39, 0.29) is 39.3 Å². The van der Waals surface area contributed by atoms with Crippen LogP contribution in [0.1, 0.15) is 31.4 Å². The number of rotatable bonds is 16. The summed E-state index contributed by atoms with van der Waals surface area (Å²) in [5.74, 6) is -3.73. The molecule has 222 valence electrons. The lowest BCUT2D eigenvalue weighted by Gasteiger charge is -2.24. The summed E-state index contributed by atoms with van der Waals surface area (Å²) in [6.07, 6.45) is -5.98. The molecular weight excluding hydrogens is 543 g/mol. The number of nitrogens with zero attached hydrogens (tertiary/aromatic N) is 1. The molecule has 1 atom stereocenters. The monoisotopic (exact) mass is 576 g/mol. The van der Waals surface area contributed by atoms with Crippen molar-refractivity contribution in [3.05, 3.63) is 59.7 Å². The Morgan fingerprint density at radius 3 is 2.23 bits per heavy atom. The number of alkyl halides is 5. The van der Waals surface area contributed by atoms with Crippen molar-refractivity contribution in [2.45, 2.75) is 44.9 Å². The second-order valence-corrected chi connectivity index (χ2v) is 8.70. The topological polar surface area (TPSA) is 97.3 Å². The van der Waals surface area contributed by atoms with E-state index in [1.807, 2.05) is 0 Å². The van der Waals surface area contributed by atoms with Crippen molar-refractivity contribution >= 4 is 17.7 Å². The van der Waals surface area contributed by atoms with Crippen LogP contribution in [0.4, 0.5) is 32.4 Å². The van der Waals surface area contributed by atoms with Crippen LogP contribution in [0.3, 0.4) is 0 Å². The first-order valence-electron chi connectivity index (χ1n) is 12.6. The standard InChI is InChI=1S/C27H33F5N2O6/c1-3-26(28,29)18-38-15-13-34(25(37)33-22-8-6-5-7-21(22)27(30,31)32)14-16-40-20-11-9-19(10-12-20)17-23(24(35)36)39-4-2/h5-12,23H,3-4,13-18H2,1-2H3,(H,33,37)(H,35,36). The molecule has 0 saturated heterocycles. The van der Waals surface area contributed by atoms with Crippen molar-refractivity contribution in [3.8, 4) is 5.75 Å². The highest BCUT2D eigenvalue weighted by Crippen LogP contribution is 2.34. The van der Waals surface area contributed by atoms with Crippen molar-refractivity contribution in [1.29, 1.82) is 0 Å². The zero-order valence-corrected chi connectivity index (χ0v) is 22.2. The normalized spacial score (nSPS) is 12.6. The summed E-state index contributed by atoms with van der Waals surface area (Å²) in [6.45, 7) is 1.75. The van der Waals surface area contributed by atoms with Gasteiger partial charge in [-0.25, -0.2) is 18.4 Å². The van der Waals surface area contributed by atoms with E-state index in [1.165, 1.54) is 19.1 Å². The van der Waals surface area contributed by atoms with Crippen LogP contribution in [0.25, 0.3) is 0 Å². The number of hydrogen-bond acceptors (Lipinski definition) is 5. The summed E-state index contributed by atoms with van der Waals surface area (Å²) < 4.78 is 82.8. The molecule has 8 nitrogen and oxygen atoms in total. The molecule has 0 aliphatic heterocycles. The fourth-order valence-corrected chi connectivity index (χ4v) is 3.47. The average molecular weight is 577 g/mol. The van der Waals surface area contributed by atoms with Gasteiger partial charge in [0.05, 0.1) is 24.4 Å². The molecule has 2 N–H and O–H groups in total. The van der Waals surface area contributed by atoms with Crippen molar-refractivity contribution in [2.24, 2.45) is 0 Å². The molecule has 0 bridgehead atoms. The Kier molecular flexibility index (Phi) is 12.6. The molecule has 2 aromatic rings. The Morgan fingerprint density at radius 2 is 1.62 bits per heavy atom. The molecule has 13 heteroatoms. The van der Waals surface area contributed by atoms with Crippen molar-refractivity contribution in [3.63, 3.8) is 0 Å². The number of ether oxygens (including phenoxy) is 3. The van der Waals surface area contributed by atoms with Gasteiger partial charge in [0, 0.05) is 26.0 Å². The van der Waals surface area contributed by atoms with Gasteiger partial charge in [-0.05, 0) is 36.8 Å². The zero-order valence-electron chi connectivity index (χ0n) is 22.2. The summed E-state index contributed by atoms with van der Waals surface area (Å²) in [6, 6.07) is 10.1. The smallest absolute Gasteiger partial charge is 0.418 e. The van der Waals surface area contributed by atoms with Gasteiger partial charge in [-0.3, -0.25) is 0 Å². The summed E-state index contributed by atoms with van der Waals surface area (Å²) in [4.78, 5) is 25.2. The summed E-state index contributed by atoms with van der Waals surface area (Å²) in [7, 11) is 0. The van der Waals surface area contributed by atoms with Gasteiger partial charge in [-0.15, -0.1) is 0 Å². The van der Waals surface area contributed by atoms with E-state index >= 15 is 0 Å². The average Bonchev–Trinajstić information content (AvgIpc) is 2.90. The number of carbonyl (C=O) groups is 2. The lowest BCUT2D eigenvalue weighted by molar-refractivity contribution is -0.150. The number of nitrogens with one attached hydrogen (secondary N) is 1. The minimum atomic E-state index is -4.70. The van der Waals surface area contributed by atoms with Gasteiger partial charge in [0.1, 0.15) is 19.0 Å². The van der Waals surface area contributed by atoms with Crippen LogP contribution in [0.15, 0.2) is 48.5 Å². The number of urea groups is 1. The fraction of sp³-hybridized carbons (Fsp3) is 0.481. The molecule has 0 aromatic heterocycles. The molecule has 0 radical (unpaired) electrons. The van der Waals surface area contributed by atoms with E-state index in [4.69, 9.17) is 14.2 Å². The number of carboxylic acid groups (broad SMARTS) is 1. The van der Waals surface area contributed by atoms with Crippen molar-refractivity contribution < 1.29 is 50.9 Å².